The maximum absolute atomic E-state index is 12.1. The van der Waals surface area contributed by atoms with E-state index in [1.165, 1.54) is 7.11 Å². The van der Waals surface area contributed by atoms with Crippen LogP contribution in [0.25, 0.3) is 0 Å². The molecule has 0 bridgehead atoms. The van der Waals surface area contributed by atoms with Crippen molar-refractivity contribution in [3.8, 4) is 0 Å². The summed E-state index contributed by atoms with van der Waals surface area (Å²) in [4.78, 5) is 12.1. The molecule has 1 atom stereocenters. The van der Waals surface area contributed by atoms with Crippen molar-refractivity contribution in [2.24, 2.45) is 0 Å². The first kappa shape index (κ1) is 11.6. The van der Waals surface area contributed by atoms with Crippen LogP contribution in [0.2, 0.25) is 0 Å². The summed E-state index contributed by atoms with van der Waals surface area (Å²) in [5, 5.41) is 0. The van der Waals surface area contributed by atoms with Gasteiger partial charge in [0.25, 0.3) is 0 Å². The van der Waals surface area contributed by atoms with Gasteiger partial charge in [0.05, 0.1) is 12.7 Å². The molecule has 2 aromatic rings. The number of ketones is 1. The molecule has 2 rings (SSSR count). The summed E-state index contributed by atoms with van der Waals surface area (Å²) >= 11 is 0. The summed E-state index contributed by atoms with van der Waals surface area (Å²) in [7, 11) is 1.54. The first-order valence-corrected chi connectivity index (χ1v) is 5.44. The number of carbonyl (C=O) groups excluding carboxylic acids is 1. The van der Waals surface area contributed by atoms with E-state index in [4.69, 9.17) is 9.15 Å². The lowest BCUT2D eigenvalue weighted by Crippen LogP contribution is -2.16. The fraction of sp³-hybridized carbons (Fsp3) is 0.214. The molecule has 1 aromatic carbocycles. The van der Waals surface area contributed by atoms with Gasteiger partial charge in [-0.15, -0.1) is 0 Å². The van der Waals surface area contributed by atoms with Gasteiger partial charge in [0, 0.05) is 7.11 Å². The summed E-state index contributed by atoms with van der Waals surface area (Å²) in [5.41, 5.74) is 0.867. The molecule has 0 fully saturated rings. The highest BCUT2D eigenvalue weighted by molar-refractivity contribution is 5.85. The third kappa shape index (κ3) is 2.82. The lowest BCUT2D eigenvalue weighted by atomic mass is 10.0. The highest BCUT2D eigenvalue weighted by Crippen LogP contribution is 2.19. The first-order chi connectivity index (χ1) is 8.31. The Morgan fingerprint density at radius 2 is 2.00 bits per heavy atom. The Morgan fingerprint density at radius 3 is 2.59 bits per heavy atom. The van der Waals surface area contributed by atoms with Gasteiger partial charge >= 0.3 is 0 Å². The molecule has 0 aliphatic rings. The molecule has 17 heavy (non-hydrogen) atoms. The predicted molar refractivity (Wildman–Crippen MR) is 63.6 cm³/mol. The first-order valence-electron chi connectivity index (χ1n) is 5.44. The Balaban J connectivity index is 2.11. The number of Topliss-reactive ketones (excluding diaryl/α,β-unsaturated/α-hetero) is 1. The van der Waals surface area contributed by atoms with E-state index in [-0.39, 0.29) is 12.2 Å². The molecular formula is C14H14O3. The van der Waals surface area contributed by atoms with Crippen LogP contribution in [0.3, 0.4) is 0 Å². The van der Waals surface area contributed by atoms with Crippen molar-refractivity contribution in [3.63, 3.8) is 0 Å². The van der Waals surface area contributed by atoms with Crippen LogP contribution in [-0.4, -0.2) is 12.9 Å². The molecule has 3 nitrogen and oxygen atoms in total. The molecular weight excluding hydrogens is 216 g/mol. The minimum atomic E-state index is -0.527. The standard InChI is InChI=1S/C14H14O3/c1-16-14(11-6-3-2-4-7-11)13(15)10-12-8-5-9-17-12/h2-9,14H,10H2,1H3. The van der Waals surface area contributed by atoms with Crippen molar-refractivity contribution in [1.82, 2.24) is 0 Å². The monoisotopic (exact) mass is 230 g/mol. The third-order valence-corrected chi connectivity index (χ3v) is 2.56. The number of furan rings is 1. The van der Waals surface area contributed by atoms with Crippen molar-refractivity contribution in [2.45, 2.75) is 12.5 Å². The lowest BCUT2D eigenvalue weighted by Gasteiger charge is -2.13. The maximum atomic E-state index is 12.1. The van der Waals surface area contributed by atoms with E-state index >= 15 is 0 Å². The zero-order chi connectivity index (χ0) is 12.1. The normalized spacial score (nSPS) is 12.3. The zero-order valence-corrected chi connectivity index (χ0v) is 9.63. The molecule has 0 aliphatic carbocycles. The van der Waals surface area contributed by atoms with Crippen molar-refractivity contribution in [2.75, 3.05) is 7.11 Å². The number of hydrogen-bond donors (Lipinski definition) is 0. The number of benzene rings is 1. The van der Waals surface area contributed by atoms with E-state index in [0.29, 0.717) is 5.76 Å². The average molecular weight is 230 g/mol. The van der Waals surface area contributed by atoms with Crippen LogP contribution < -0.4 is 0 Å². The Morgan fingerprint density at radius 1 is 1.24 bits per heavy atom. The van der Waals surface area contributed by atoms with Crippen LogP contribution in [0.15, 0.2) is 53.1 Å². The topological polar surface area (TPSA) is 39.4 Å². The van der Waals surface area contributed by atoms with Crippen LogP contribution >= 0.6 is 0 Å². The van der Waals surface area contributed by atoms with Gasteiger partial charge in [0.2, 0.25) is 0 Å². The second kappa shape index (κ2) is 5.46. The Hall–Kier alpha value is -1.87. The van der Waals surface area contributed by atoms with Gasteiger partial charge < -0.3 is 9.15 Å². The minimum absolute atomic E-state index is 0.00588. The SMILES string of the molecule is COC(C(=O)Cc1ccco1)c1ccccc1. The summed E-state index contributed by atoms with van der Waals surface area (Å²) in [6, 6.07) is 13.0. The summed E-state index contributed by atoms with van der Waals surface area (Å²) in [5.74, 6) is 0.654. The lowest BCUT2D eigenvalue weighted by molar-refractivity contribution is -0.128. The zero-order valence-electron chi connectivity index (χ0n) is 9.63. The molecule has 1 heterocycles. The number of methoxy groups -OCH3 is 1. The molecule has 0 N–H and O–H groups in total. The fourth-order valence-corrected chi connectivity index (χ4v) is 1.76. The molecule has 1 unspecified atom stereocenters. The number of ether oxygens (including phenoxy) is 1. The molecule has 1 aromatic heterocycles. The van der Waals surface area contributed by atoms with Crippen LogP contribution in [0.1, 0.15) is 17.4 Å². The van der Waals surface area contributed by atoms with Crippen molar-refractivity contribution in [3.05, 3.63) is 60.1 Å². The maximum Gasteiger partial charge on any atom is 0.173 e. The quantitative estimate of drug-likeness (QED) is 0.792. The fourth-order valence-electron chi connectivity index (χ4n) is 1.76. The molecule has 88 valence electrons. The molecule has 0 aliphatic heterocycles. The predicted octanol–water partition coefficient (Wildman–Crippen LogP) is 2.78. The van der Waals surface area contributed by atoms with Gasteiger partial charge in [0.1, 0.15) is 11.9 Å². The second-order valence-corrected chi connectivity index (χ2v) is 3.75. The van der Waals surface area contributed by atoms with Crippen LogP contribution in [0, 0.1) is 0 Å². The molecule has 0 amide bonds. The van der Waals surface area contributed by atoms with Crippen LogP contribution in [0.4, 0.5) is 0 Å². The van der Waals surface area contributed by atoms with Gasteiger partial charge in [0.15, 0.2) is 5.78 Å². The summed E-state index contributed by atoms with van der Waals surface area (Å²) in [6.45, 7) is 0. The minimum Gasteiger partial charge on any atom is -0.469 e. The average Bonchev–Trinajstić information content (AvgIpc) is 2.84. The van der Waals surface area contributed by atoms with E-state index in [2.05, 4.69) is 0 Å². The third-order valence-electron chi connectivity index (χ3n) is 2.56. The van der Waals surface area contributed by atoms with Crippen molar-refractivity contribution in [1.29, 1.82) is 0 Å². The highest BCUT2D eigenvalue weighted by atomic mass is 16.5. The number of rotatable bonds is 5. The smallest absolute Gasteiger partial charge is 0.173 e. The molecule has 0 saturated carbocycles. The van der Waals surface area contributed by atoms with E-state index in [1.54, 1.807) is 18.4 Å². The summed E-state index contributed by atoms with van der Waals surface area (Å²) in [6.07, 6.45) is 1.29. The van der Waals surface area contributed by atoms with Gasteiger partial charge in [-0.3, -0.25) is 4.79 Å². The van der Waals surface area contributed by atoms with Crippen LogP contribution in [0.5, 0.6) is 0 Å². The Kier molecular flexibility index (Phi) is 3.73. The molecule has 0 radical (unpaired) electrons. The number of carbonyl (C=O) groups is 1. The van der Waals surface area contributed by atoms with Crippen LogP contribution in [-0.2, 0) is 16.0 Å². The second-order valence-electron chi connectivity index (χ2n) is 3.75. The van der Waals surface area contributed by atoms with E-state index < -0.39 is 6.10 Å². The summed E-state index contributed by atoms with van der Waals surface area (Å²) < 4.78 is 10.4. The molecule has 3 heteroatoms. The van der Waals surface area contributed by atoms with Gasteiger partial charge in [-0.1, -0.05) is 30.3 Å². The Bertz CT molecular complexity index is 459. The van der Waals surface area contributed by atoms with Crippen molar-refractivity contribution >= 4 is 5.78 Å². The van der Waals surface area contributed by atoms with E-state index in [1.807, 2.05) is 30.3 Å². The van der Waals surface area contributed by atoms with Crippen molar-refractivity contribution < 1.29 is 13.9 Å². The molecule has 0 saturated heterocycles. The van der Waals surface area contributed by atoms with Gasteiger partial charge in [-0.2, -0.15) is 0 Å². The van der Waals surface area contributed by atoms with E-state index in [0.717, 1.165) is 5.56 Å². The highest BCUT2D eigenvalue weighted by Gasteiger charge is 2.20. The van der Waals surface area contributed by atoms with E-state index in [9.17, 15) is 4.79 Å². The molecule has 0 spiro atoms. The van der Waals surface area contributed by atoms with Gasteiger partial charge in [-0.05, 0) is 17.7 Å². The van der Waals surface area contributed by atoms with Gasteiger partial charge in [-0.25, -0.2) is 0 Å². The largest absolute Gasteiger partial charge is 0.469 e. The number of hydrogen-bond acceptors (Lipinski definition) is 3. The Labute approximate surface area is 100 Å².